The first kappa shape index (κ1) is 34.1. The minimum atomic E-state index is -1.68. The Bertz CT molecular complexity index is 1790. The number of benzene rings is 1. The van der Waals surface area contributed by atoms with Crippen molar-refractivity contribution in [2.24, 2.45) is 0 Å². The Balaban J connectivity index is 1.28. The van der Waals surface area contributed by atoms with Gasteiger partial charge >= 0.3 is 5.97 Å². The van der Waals surface area contributed by atoms with E-state index in [0.717, 1.165) is 73.9 Å². The molecular formula is C37H46N4O7. The number of ether oxygens (including phenoxy) is 1. The van der Waals surface area contributed by atoms with Gasteiger partial charge in [-0.15, -0.1) is 0 Å². The Hall–Kier alpha value is -3.77. The Morgan fingerprint density at radius 1 is 0.958 bits per heavy atom. The number of aliphatic hydroxyl groups is 2. The summed E-state index contributed by atoms with van der Waals surface area (Å²) in [5.41, 5.74) is 3.07. The minimum Gasteiger partial charge on any atom is -0.427 e. The number of aliphatic hydroxyl groups excluding tert-OH is 1. The van der Waals surface area contributed by atoms with Crippen LogP contribution >= 0.6 is 0 Å². The lowest BCUT2D eigenvalue weighted by atomic mass is 9.77. The number of Topliss-reactive ketones (excluding diaryl/α,β-unsaturated/α-hetero) is 2. The number of unbranched alkanes of at least 4 members (excludes halogenated alkanes) is 4. The van der Waals surface area contributed by atoms with Crippen molar-refractivity contribution in [3.05, 3.63) is 56.9 Å². The number of hydrogen-bond acceptors (Lipinski definition) is 10. The zero-order chi connectivity index (χ0) is 34.0. The fraction of sp³-hybridized carbons (Fsp3) is 0.541. The van der Waals surface area contributed by atoms with Crippen LogP contribution in [0.5, 0.6) is 5.75 Å². The summed E-state index contributed by atoms with van der Waals surface area (Å²) in [6.45, 7) is 6.05. The molecule has 1 aliphatic carbocycles. The van der Waals surface area contributed by atoms with Crippen LogP contribution in [0.4, 0.5) is 0 Å². The quantitative estimate of drug-likeness (QED) is 0.125. The largest absolute Gasteiger partial charge is 0.427 e. The summed E-state index contributed by atoms with van der Waals surface area (Å²) < 4.78 is 7.53. The normalized spacial score (nSPS) is 19.3. The first-order valence-electron chi connectivity index (χ1n) is 17.4. The highest BCUT2D eigenvalue weighted by Gasteiger charge is 2.43. The van der Waals surface area contributed by atoms with E-state index in [1.165, 1.54) is 0 Å². The third-order valence-corrected chi connectivity index (χ3v) is 10.4. The molecule has 0 saturated carbocycles. The molecule has 1 aromatic carbocycles. The Kier molecular flexibility index (Phi) is 10.2. The molecule has 11 nitrogen and oxygen atoms in total. The molecule has 0 radical (unpaired) electrons. The number of piperazine rings is 1. The maximum atomic E-state index is 13.9. The summed E-state index contributed by atoms with van der Waals surface area (Å²) in [7, 11) is 2.12. The number of ketones is 2. The smallest absolute Gasteiger partial charge is 0.311 e. The number of carbonyl (C=O) groups is 3. The maximum absolute atomic E-state index is 13.9. The predicted molar refractivity (Wildman–Crippen MR) is 181 cm³/mol. The standard InChI is InChI=1S/C37H46N4O7/c1-3-37(47)30-20-32-35-29(22-41(32)36(46)26(30)12-14-33(37)44)28(21-40-17-15-39(2)16-18-40)27-19-25(11-13-31(27)38-35)48-34(45)10-8-6-4-5-7-9-24(43)23-42/h11,13,19-20,42,47H,3-10,12,14-18,21-23H2,1-2H3/t37-/m0/s1. The second-order valence-electron chi connectivity index (χ2n) is 13.6. The van der Waals surface area contributed by atoms with E-state index in [2.05, 4.69) is 16.8 Å². The van der Waals surface area contributed by atoms with Gasteiger partial charge in [0.25, 0.3) is 5.56 Å². The van der Waals surface area contributed by atoms with Gasteiger partial charge in [0, 0.05) is 74.1 Å². The van der Waals surface area contributed by atoms with Crippen molar-refractivity contribution in [3.8, 4) is 17.1 Å². The molecule has 3 aromatic rings. The van der Waals surface area contributed by atoms with Crippen LogP contribution in [0.2, 0.25) is 0 Å². The van der Waals surface area contributed by atoms with Crippen molar-refractivity contribution in [1.82, 2.24) is 19.4 Å². The maximum Gasteiger partial charge on any atom is 0.311 e. The zero-order valence-electron chi connectivity index (χ0n) is 28.1. The Morgan fingerprint density at radius 3 is 2.42 bits per heavy atom. The van der Waals surface area contributed by atoms with Crippen molar-refractivity contribution in [3.63, 3.8) is 0 Å². The molecule has 11 heteroatoms. The Morgan fingerprint density at radius 2 is 1.69 bits per heavy atom. The molecule has 1 fully saturated rings. The van der Waals surface area contributed by atoms with E-state index in [1.807, 2.05) is 18.2 Å². The first-order valence-corrected chi connectivity index (χ1v) is 17.4. The molecule has 1 saturated heterocycles. The summed E-state index contributed by atoms with van der Waals surface area (Å²) >= 11 is 0. The SMILES string of the molecule is CC[C@@]1(O)C(=O)CCc2c1cc1n(c2=O)Cc2c-1nc1ccc(OC(=O)CCCCCCCC(=O)CO)cc1c2CN1CCN(C)CC1. The molecule has 2 N–H and O–H groups in total. The van der Waals surface area contributed by atoms with Crippen molar-refractivity contribution >= 4 is 28.4 Å². The van der Waals surface area contributed by atoms with Gasteiger partial charge in [0.05, 0.1) is 23.4 Å². The van der Waals surface area contributed by atoms with E-state index in [1.54, 1.807) is 17.6 Å². The molecule has 256 valence electrons. The van der Waals surface area contributed by atoms with Crippen LogP contribution in [0.3, 0.4) is 0 Å². The third kappa shape index (κ3) is 6.74. The van der Waals surface area contributed by atoms with Gasteiger partial charge < -0.3 is 24.4 Å². The molecule has 1 atom stereocenters. The Labute approximate surface area is 280 Å². The number of nitrogens with zero attached hydrogens (tertiary/aromatic N) is 4. The van der Waals surface area contributed by atoms with Crippen LogP contribution in [-0.2, 0) is 39.5 Å². The van der Waals surface area contributed by atoms with Crippen LogP contribution in [0, 0.1) is 0 Å². The van der Waals surface area contributed by atoms with Crippen LogP contribution < -0.4 is 10.3 Å². The average Bonchev–Trinajstić information content (AvgIpc) is 3.45. The van der Waals surface area contributed by atoms with Crippen LogP contribution in [0.15, 0.2) is 29.1 Å². The number of esters is 1. The number of carbonyl (C=O) groups excluding carboxylic acids is 3. The molecule has 2 aliphatic heterocycles. The van der Waals surface area contributed by atoms with E-state index in [4.69, 9.17) is 14.8 Å². The van der Waals surface area contributed by atoms with Gasteiger partial charge in [0.1, 0.15) is 18.0 Å². The number of pyridine rings is 2. The van der Waals surface area contributed by atoms with Gasteiger partial charge in [0.15, 0.2) is 11.6 Å². The topological polar surface area (TPSA) is 142 Å². The van der Waals surface area contributed by atoms with Gasteiger partial charge in [-0.25, -0.2) is 4.98 Å². The van der Waals surface area contributed by atoms with E-state index in [-0.39, 0.29) is 35.9 Å². The van der Waals surface area contributed by atoms with Gasteiger partial charge in [-0.3, -0.25) is 24.1 Å². The molecule has 3 aliphatic rings. The van der Waals surface area contributed by atoms with E-state index in [9.17, 15) is 24.3 Å². The molecule has 0 amide bonds. The lowest BCUT2D eigenvalue weighted by Crippen LogP contribution is -2.44. The highest BCUT2D eigenvalue weighted by atomic mass is 16.5. The second-order valence-corrected chi connectivity index (χ2v) is 13.6. The van der Waals surface area contributed by atoms with Gasteiger partial charge in [-0.05, 0) is 62.6 Å². The minimum absolute atomic E-state index is 0.139. The molecule has 0 spiro atoms. The van der Waals surface area contributed by atoms with Crippen molar-refractivity contribution in [2.75, 3.05) is 39.8 Å². The number of aromatic nitrogens is 2. The van der Waals surface area contributed by atoms with E-state index in [0.29, 0.717) is 67.0 Å². The monoisotopic (exact) mass is 658 g/mol. The summed E-state index contributed by atoms with van der Waals surface area (Å²) in [4.78, 5) is 60.5. The molecule has 48 heavy (non-hydrogen) atoms. The number of hydrogen-bond donors (Lipinski definition) is 2. The number of rotatable bonds is 13. The summed E-state index contributed by atoms with van der Waals surface area (Å²) in [5, 5.41) is 21.1. The molecule has 0 unspecified atom stereocenters. The first-order chi connectivity index (χ1) is 23.1. The van der Waals surface area contributed by atoms with Crippen LogP contribution in [0.25, 0.3) is 22.3 Å². The highest BCUT2D eigenvalue weighted by molar-refractivity contribution is 5.92. The number of fused-ring (bicyclic) bond motifs is 5. The van der Waals surface area contributed by atoms with E-state index >= 15 is 0 Å². The predicted octanol–water partition coefficient (Wildman–Crippen LogP) is 3.48. The molecule has 6 rings (SSSR count). The van der Waals surface area contributed by atoms with Gasteiger partial charge in [-0.2, -0.15) is 0 Å². The van der Waals surface area contributed by atoms with E-state index < -0.39 is 12.2 Å². The highest BCUT2D eigenvalue weighted by Crippen LogP contribution is 2.41. The van der Waals surface area contributed by atoms with Crippen molar-refractivity contribution in [1.29, 1.82) is 0 Å². The molecule has 0 bridgehead atoms. The lowest BCUT2D eigenvalue weighted by molar-refractivity contribution is -0.140. The second kappa shape index (κ2) is 14.4. The van der Waals surface area contributed by atoms with Crippen LogP contribution in [-0.4, -0.2) is 86.9 Å². The van der Waals surface area contributed by atoms with Crippen LogP contribution in [0.1, 0.15) is 87.0 Å². The summed E-state index contributed by atoms with van der Waals surface area (Å²) in [5.74, 6) is -0.246. The molecule has 4 heterocycles. The van der Waals surface area contributed by atoms with Crippen molar-refractivity contribution < 1.29 is 29.3 Å². The molecular weight excluding hydrogens is 612 g/mol. The summed E-state index contributed by atoms with van der Waals surface area (Å²) in [6, 6.07) is 7.30. The summed E-state index contributed by atoms with van der Waals surface area (Å²) in [6.07, 6.45) is 5.44. The third-order valence-electron chi connectivity index (χ3n) is 10.4. The lowest BCUT2D eigenvalue weighted by Gasteiger charge is -2.33. The fourth-order valence-corrected chi connectivity index (χ4v) is 7.38. The number of likely N-dealkylation sites (N-methyl/N-ethyl adjacent to an activating group) is 1. The van der Waals surface area contributed by atoms with Crippen molar-refractivity contribution in [2.45, 2.75) is 89.8 Å². The zero-order valence-corrected chi connectivity index (χ0v) is 28.1. The van der Waals surface area contributed by atoms with Gasteiger partial charge in [-0.1, -0.05) is 26.2 Å². The average molecular weight is 659 g/mol. The fourth-order valence-electron chi connectivity index (χ4n) is 7.38. The molecule has 2 aromatic heterocycles. The van der Waals surface area contributed by atoms with Gasteiger partial charge in [0.2, 0.25) is 0 Å².